The van der Waals surface area contributed by atoms with Crippen molar-refractivity contribution in [3.05, 3.63) is 41.0 Å². The largest absolute Gasteiger partial charge is 0.341 e. The summed E-state index contributed by atoms with van der Waals surface area (Å²) in [6, 6.07) is 2.42. The fourth-order valence-corrected chi connectivity index (χ4v) is 3.99. The Hall–Kier alpha value is -2.02. The maximum atomic E-state index is 4.60. The third-order valence-electron chi connectivity index (χ3n) is 5.25. The average molecular weight is 399 g/mol. The van der Waals surface area contributed by atoms with Gasteiger partial charge in [0.15, 0.2) is 0 Å². The fraction of sp³-hybridized carbons (Fsp3) is 0.444. The maximum absolute atomic E-state index is 4.60. The molecule has 0 atom stereocenters. The van der Waals surface area contributed by atoms with Gasteiger partial charge in [0, 0.05) is 30.9 Å². The molecule has 2 aliphatic rings. The molecule has 1 saturated carbocycles. The minimum absolute atomic E-state index is 0.405. The first kappa shape index (κ1) is 15.3. The van der Waals surface area contributed by atoms with E-state index in [9.17, 15) is 0 Å². The van der Waals surface area contributed by atoms with Gasteiger partial charge in [-0.05, 0) is 59.2 Å². The number of aromatic nitrogens is 5. The lowest BCUT2D eigenvalue weighted by Crippen LogP contribution is -2.36. The molecule has 1 aliphatic heterocycles. The molecule has 7 heteroatoms. The number of nitrogens with zero attached hydrogens (tertiary/aromatic N) is 6. The van der Waals surface area contributed by atoms with Gasteiger partial charge >= 0.3 is 0 Å². The summed E-state index contributed by atoms with van der Waals surface area (Å²) < 4.78 is 2.98. The molecule has 128 valence electrons. The number of anilines is 1. The van der Waals surface area contributed by atoms with Crippen molar-refractivity contribution in [2.24, 2.45) is 0 Å². The van der Waals surface area contributed by atoms with Gasteiger partial charge in [-0.3, -0.25) is 4.68 Å². The van der Waals surface area contributed by atoms with Crippen LogP contribution in [0.5, 0.6) is 0 Å². The molecular formula is C18H19BrN6. The summed E-state index contributed by atoms with van der Waals surface area (Å²) in [7, 11) is 0. The lowest BCUT2D eigenvalue weighted by molar-refractivity contribution is 0.373. The highest BCUT2D eigenvalue weighted by molar-refractivity contribution is 9.10. The predicted octanol–water partition coefficient (Wildman–Crippen LogP) is 3.70. The minimum Gasteiger partial charge on any atom is -0.341 e. The monoisotopic (exact) mass is 398 g/mol. The molecule has 1 saturated heterocycles. The Kier molecular flexibility index (Phi) is 3.69. The van der Waals surface area contributed by atoms with Crippen LogP contribution in [0.15, 0.2) is 35.5 Å². The molecule has 1 aliphatic carbocycles. The number of pyridine rings is 1. The summed E-state index contributed by atoms with van der Waals surface area (Å²) in [6.07, 6.45) is 12.5. The molecule has 0 radical (unpaired) electrons. The topological polar surface area (TPSA) is 59.7 Å². The zero-order valence-electron chi connectivity index (χ0n) is 13.8. The molecule has 25 heavy (non-hydrogen) atoms. The van der Waals surface area contributed by atoms with E-state index < -0.39 is 0 Å². The van der Waals surface area contributed by atoms with Crippen LogP contribution in [0.3, 0.4) is 0 Å². The van der Waals surface area contributed by atoms with E-state index in [1.165, 1.54) is 18.4 Å². The van der Waals surface area contributed by atoms with Crippen molar-refractivity contribution < 1.29 is 0 Å². The van der Waals surface area contributed by atoms with Gasteiger partial charge in [-0.25, -0.2) is 15.0 Å². The zero-order valence-corrected chi connectivity index (χ0v) is 15.4. The molecule has 4 heterocycles. The number of fused-ring (bicyclic) bond motifs is 1. The fourth-order valence-electron chi connectivity index (χ4n) is 3.64. The summed E-state index contributed by atoms with van der Waals surface area (Å²) in [6.45, 7) is 1.91. The molecule has 0 unspecified atom stereocenters. The van der Waals surface area contributed by atoms with Gasteiger partial charge in [0.25, 0.3) is 0 Å². The Bertz CT molecular complexity index is 894. The molecule has 0 aromatic carbocycles. The van der Waals surface area contributed by atoms with Crippen molar-refractivity contribution >= 4 is 32.8 Å². The van der Waals surface area contributed by atoms with E-state index in [1.807, 2.05) is 30.9 Å². The second-order valence-electron chi connectivity index (χ2n) is 6.96. The van der Waals surface area contributed by atoms with Crippen molar-refractivity contribution in [1.82, 2.24) is 24.7 Å². The summed E-state index contributed by atoms with van der Waals surface area (Å²) in [5.74, 6) is 1.57. The third kappa shape index (κ3) is 2.90. The maximum Gasteiger partial charge on any atom is 0.225 e. The van der Waals surface area contributed by atoms with Crippen LogP contribution >= 0.6 is 15.9 Å². The average Bonchev–Trinajstić information content (AvgIpc) is 3.42. The molecule has 0 amide bonds. The van der Waals surface area contributed by atoms with Crippen LogP contribution in [0.2, 0.25) is 0 Å². The highest BCUT2D eigenvalue weighted by Gasteiger charge is 2.26. The number of piperidine rings is 1. The van der Waals surface area contributed by atoms with E-state index in [4.69, 9.17) is 0 Å². The van der Waals surface area contributed by atoms with E-state index in [0.29, 0.717) is 12.0 Å². The summed E-state index contributed by atoms with van der Waals surface area (Å²) >= 11 is 3.42. The van der Waals surface area contributed by atoms with E-state index in [2.05, 4.69) is 45.6 Å². The van der Waals surface area contributed by atoms with Crippen LogP contribution in [-0.2, 0) is 0 Å². The molecule has 0 bridgehead atoms. The van der Waals surface area contributed by atoms with Crippen LogP contribution in [-0.4, -0.2) is 37.8 Å². The van der Waals surface area contributed by atoms with Crippen molar-refractivity contribution in [3.8, 4) is 0 Å². The smallest absolute Gasteiger partial charge is 0.225 e. The Labute approximate surface area is 154 Å². The van der Waals surface area contributed by atoms with Crippen molar-refractivity contribution in [3.63, 3.8) is 0 Å². The SMILES string of the molecule is Brc1cc2cnn(C3CCN(c4ncc(C5CC5)cn4)CC3)c2cn1. The number of hydrogen-bond donors (Lipinski definition) is 0. The van der Waals surface area contributed by atoms with Crippen LogP contribution in [0, 0.1) is 0 Å². The zero-order chi connectivity index (χ0) is 16.8. The van der Waals surface area contributed by atoms with Crippen molar-refractivity contribution in [2.45, 2.75) is 37.6 Å². The van der Waals surface area contributed by atoms with Gasteiger partial charge in [0.2, 0.25) is 5.95 Å². The first-order valence-electron chi connectivity index (χ1n) is 8.83. The second-order valence-corrected chi connectivity index (χ2v) is 7.78. The van der Waals surface area contributed by atoms with Gasteiger partial charge in [0.1, 0.15) is 4.60 Å². The predicted molar refractivity (Wildman–Crippen MR) is 99.7 cm³/mol. The van der Waals surface area contributed by atoms with Gasteiger partial charge in [-0.15, -0.1) is 0 Å². The minimum atomic E-state index is 0.405. The highest BCUT2D eigenvalue weighted by Crippen LogP contribution is 2.39. The lowest BCUT2D eigenvalue weighted by atomic mass is 10.1. The Morgan fingerprint density at radius 3 is 2.40 bits per heavy atom. The number of rotatable bonds is 3. The van der Waals surface area contributed by atoms with E-state index >= 15 is 0 Å². The number of halogens is 1. The molecular weight excluding hydrogens is 380 g/mol. The first-order chi connectivity index (χ1) is 12.3. The summed E-state index contributed by atoms with van der Waals surface area (Å²) in [5.41, 5.74) is 2.40. The van der Waals surface area contributed by atoms with Crippen LogP contribution in [0.25, 0.3) is 10.9 Å². The van der Waals surface area contributed by atoms with Gasteiger partial charge < -0.3 is 4.90 Å². The van der Waals surface area contributed by atoms with Gasteiger partial charge in [-0.1, -0.05) is 0 Å². The molecule has 3 aromatic rings. The Balaban J connectivity index is 1.30. The van der Waals surface area contributed by atoms with Gasteiger partial charge in [0.05, 0.1) is 24.0 Å². The Morgan fingerprint density at radius 2 is 1.68 bits per heavy atom. The first-order valence-corrected chi connectivity index (χ1v) is 9.63. The normalized spacial score (nSPS) is 18.8. The molecule has 0 spiro atoms. The van der Waals surface area contributed by atoms with E-state index in [-0.39, 0.29) is 0 Å². The van der Waals surface area contributed by atoms with E-state index in [0.717, 1.165) is 47.4 Å². The third-order valence-corrected chi connectivity index (χ3v) is 5.68. The Morgan fingerprint density at radius 1 is 0.920 bits per heavy atom. The summed E-state index contributed by atoms with van der Waals surface area (Å²) in [5, 5.41) is 5.73. The highest BCUT2D eigenvalue weighted by atomic mass is 79.9. The van der Waals surface area contributed by atoms with Crippen LogP contribution in [0.1, 0.15) is 43.2 Å². The van der Waals surface area contributed by atoms with Crippen LogP contribution < -0.4 is 4.90 Å². The lowest BCUT2D eigenvalue weighted by Gasteiger charge is -2.32. The molecule has 0 N–H and O–H groups in total. The van der Waals surface area contributed by atoms with Crippen LogP contribution in [0.4, 0.5) is 5.95 Å². The molecule has 2 fully saturated rings. The quantitative estimate of drug-likeness (QED) is 0.629. The van der Waals surface area contributed by atoms with E-state index in [1.54, 1.807) is 0 Å². The molecule has 6 nitrogen and oxygen atoms in total. The molecule has 5 rings (SSSR count). The van der Waals surface area contributed by atoms with Gasteiger partial charge in [-0.2, -0.15) is 5.10 Å². The summed E-state index contributed by atoms with van der Waals surface area (Å²) in [4.78, 5) is 15.8. The molecule has 3 aromatic heterocycles. The second kappa shape index (κ2) is 6.05. The standard InChI is InChI=1S/C18H19BrN6/c19-17-7-13-10-23-25(16(13)11-20-17)15-3-5-24(6-4-15)18-21-8-14(9-22-18)12-1-2-12/h7-12,15H,1-6H2. The van der Waals surface area contributed by atoms with Crippen molar-refractivity contribution in [2.75, 3.05) is 18.0 Å². The van der Waals surface area contributed by atoms with Crippen molar-refractivity contribution in [1.29, 1.82) is 0 Å². The number of hydrogen-bond acceptors (Lipinski definition) is 5.